The molecule has 1 aliphatic rings. The Balaban J connectivity index is 1.53. The first-order valence-electron chi connectivity index (χ1n) is 9.45. The predicted octanol–water partition coefficient (Wildman–Crippen LogP) is 4.29. The van der Waals surface area contributed by atoms with Crippen molar-refractivity contribution in [3.05, 3.63) is 75.0 Å². The zero-order valence-corrected chi connectivity index (χ0v) is 20.4. The standard InChI is InChI=1S/C21H16BrClN4O5S/c1-11-12(2)25-32-19(11)26-33(30,31)16-9-5-14(6-10-16)24-18-17(23)20(28)27(21(18)29)15-7-3-13(22)4-8-15/h3-10,24,26H,1-2H3. The summed E-state index contributed by atoms with van der Waals surface area (Å²) in [5.41, 5.74) is 1.79. The van der Waals surface area contributed by atoms with Gasteiger partial charge in [-0.3, -0.25) is 9.59 Å². The minimum absolute atomic E-state index is 0.0353. The van der Waals surface area contributed by atoms with Crippen LogP contribution >= 0.6 is 27.5 Å². The first-order valence-corrected chi connectivity index (χ1v) is 12.1. The maximum absolute atomic E-state index is 12.8. The highest BCUT2D eigenvalue weighted by Gasteiger charge is 2.39. The topological polar surface area (TPSA) is 122 Å². The molecule has 1 aliphatic heterocycles. The number of anilines is 3. The Morgan fingerprint density at radius 3 is 2.21 bits per heavy atom. The molecule has 1 aromatic heterocycles. The summed E-state index contributed by atoms with van der Waals surface area (Å²) in [7, 11) is -3.93. The Kier molecular flexibility index (Phi) is 6.04. The van der Waals surface area contributed by atoms with Gasteiger partial charge >= 0.3 is 0 Å². The molecule has 33 heavy (non-hydrogen) atoms. The van der Waals surface area contributed by atoms with Crippen LogP contribution in [0.2, 0.25) is 0 Å². The summed E-state index contributed by atoms with van der Waals surface area (Å²) in [6.07, 6.45) is 0. The molecule has 170 valence electrons. The van der Waals surface area contributed by atoms with Gasteiger partial charge in [-0.05, 0) is 62.4 Å². The summed E-state index contributed by atoms with van der Waals surface area (Å²) in [6, 6.07) is 12.2. The third-order valence-electron chi connectivity index (χ3n) is 4.93. The zero-order valence-electron chi connectivity index (χ0n) is 17.2. The van der Waals surface area contributed by atoms with Gasteiger partial charge in [0.2, 0.25) is 5.88 Å². The number of carbonyl (C=O) groups is 2. The molecule has 0 fully saturated rings. The van der Waals surface area contributed by atoms with E-state index in [0.717, 1.165) is 9.37 Å². The molecule has 3 aromatic rings. The van der Waals surface area contributed by atoms with Crippen molar-refractivity contribution in [3.63, 3.8) is 0 Å². The van der Waals surface area contributed by atoms with E-state index in [4.69, 9.17) is 16.1 Å². The average Bonchev–Trinajstić information content (AvgIpc) is 3.20. The van der Waals surface area contributed by atoms with E-state index >= 15 is 0 Å². The number of sulfonamides is 1. The third kappa shape index (κ3) is 4.39. The number of hydrogen-bond donors (Lipinski definition) is 2. The van der Waals surface area contributed by atoms with Gasteiger partial charge in [0.15, 0.2) is 0 Å². The van der Waals surface area contributed by atoms with Crippen molar-refractivity contribution in [2.45, 2.75) is 18.7 Å². The summed E-state index contributed by atoms with van der Waals surface area (Å²) in [6.45, 7) is 3.38. The maximum atomic E-state index is 12.8. The molecular weight excluding hydrogens is 536 g/mol. The van der Waals surface area contributed by atoms with Gasteiger partial charge in [0.1, 0.15) is 10.7 Å². The number of carbonyl (C=O) groups excluding carboxylic acids is 2. The van der Waals surface area contributed by atoms with E-state index in [1.165, 1.54) is 24.3 Å². The van der Waals surface area contributed by atoms with Gasteiger partial charge in [-0.2, -0.15) is 0 Å². The minimum atomic E-state index is -3.93. The third-order valence-corrected chi connectivity index (χ3v) is 7.16. The van der Waals surface area contributed by atoms with Crippen molar-refractivity contribution in [2.75, 3.05) is 14.9 Å². The van der Waals surface area contributed by atoms with Crippen molar-refractivity contribution in [2.24, 2.45) is 0 Å². The molecule has 0 saturated heterocycles. The fraction of sp³-hybridized carbons (Fsp3) is 0.0952. The van der Waals surface area contributed by atoms with Gasteiger partial charge in [0, 0.05) is 15.7 Å². The number of rotatable bonds is 6. The van der Waals surface area contributed by atoms with Crippen LogP contribution in [0.3, 0.4) is 0 Å². The van der Waals surface area contributed by atoms with Crippen molar-refractivity contribution in [1.29, 1.82) is 0 Å². The van der Waals surface area contributed by atoms with Gasteiger partial charge in [0.05, 0.1) is 16.3 Å². The molecule has 9 nitrogen and oxygen atoms in total. The minimum Gasteiger partial charge on any atom is -0.350 e. The van der Waals surface area contributed by atoms with E-state index in [1.54, 1.807) is 38.1 Å². The van der Waals surface area contributed by atoms with E-state index in [-0.39, 0.29) is 21.5 Å². The van der Waals surface area contributed by atoms with Gasteiger partial charge in [-0.25, -0.2) is 18.0 Å². The summed E-state index contributed by atoms with van der Waals surface area (Å²) in [4.78, 5) is 26.3. The number of hydrogen-bond acceptors (Lipinski definition) is 7. The number of nitrogens with one attached hydrogen (secondary N) is 2. The van der Waals surface area contributed by atoms with Crippen LogP contribution in [0, 0.1) is 13.8 Å². The lowest BCUT2D eigenvalue weighted by molar-refractivity contribution is -0.120. The van der Waals surface area contributed by atoms with Crippen LogP contribution in [0.1, 0.15) is 11.3 Å². The van der Waals surface area contributed by atoms with Crippen molar-refractivity contribution >= 4 is 66.6 Å². The number of aromatic nitrogens is 1. The van der Waals surface area contributed by atoms with Crippen molar-refractivity contribution in [3.8, 4) is 0 Å². The summed E-state index contributed by atoms with van der Waals surface area (Å²) >= 11 is 9.44. The number of halogens is 2. The van der Waals surface area contributed by atoms with Gasteiger partial charge in [-0.1, -0.05) is 32.7 Å². The SMILES string of the molecule is Cc1noc(NS(=O)(=O)c2ccc(NC3=C(Cl)C(=O)N(c4ccc(Br)cc4)C3=O)cc2)c1C. The molecule has 0 radical (unpaired) electrons. The fourth-order valence-corrected chi connectivity index (χ4v) is 4.51. The quantitative estimate of drug-likeness (QED) is 0.438. The van der Waals surface area contributed by atoms with Crippen LogP contribution < -0.4 is 14.9 Å². The predicted molar refractivity (Wildman–Crippen MR) is 126 cm³/mol. The fourth-order valence-electron chi connectivity index (χ4n) is 2.99. The average molecular weight is 552 g/mol. The molecule has 2 heterocycles. The molecule has 4 rings (SSSR count). The summed E-state index contributed by atoms with van der Waals surface area (Å²) in [5.74, 6) is -1.25. The number of aryl methyl sites for hydroxylation is 1. The van der Waals surface area contributed by atoms with E-state index in [1.807, 2.05) is 0 Å². The Hall–Kier alpha value is -3.15. The molecule has 0 spiro atoms. The second-order valence-electron chi connectivity index (χ2n) is 7.09. The molecule has 12 heteroatoms. The van der Waals surface area contributed by atoms with Crippen LogP contribution in [-0.4, -0.2) is 25.4 Å². The second-order valence-corrected chi connectivity index (χ2v) is 10.1. The first-order chi connectivity index (χ1) is 15.6. The van der Waals surface area contributed by atoms with Crippen LogP contribution in [-0.2, 0) is 19.6 Å². The van der Waals surface area contributed by atoms with Gasteiger partial charge in [-0.15, -0.1) is 0 Å². The van der Waals surface area contributed by atoms with Gasteiger partial charge in [0.25, 0.3) is 21.8 Å². The molecule has 0 saturated carbocycles. The number of imide groups is 1. The zero-order chi connectivity index (χ0) is 23.9. The van der Waals surface area contributed by atoms with Crippen LogP contribution in [0.15, 0.2) is 73.2 Å². The van der Waals surface area contributed by atoms with Crippen molar-refractivity contribution < 1.29 is 22.5 Å². The maximum Gasteiger partial charge on any atom is 0.283 e. The van der Waals surface area contributed by atoms with Crippen LogP contribution in [0.25, 0.3) is 0 Å². The molecule has 2 amide bonds. The largest absolute Gasteiger partial charge is 0.350 e. The van der Waals surface area contributed by atoms with Crippen LogP contribution in [0.5, 0.6) is 0 Å². The lowest BCUT2D eigenvalue weighted by atomic mass is 10.3. The molecule has 0 aliphatic carbocycles. The van der Waals surface area contributed by atoms with Gasteiger partial charge < -0.3 is 9.84 Å². The summed E-state index contributed by atoms with van der Waals surface area (Å²) in [5, 5.41) is 6.26. The Morgan fingerprint density at radius 2 is 1.64 bits per heavy atom. The second kappa shape index (κ2) is 8.65. The Morgan fingerprint density at radius 1 is 1.00 bits per heavy atom. The summed E-state index contributed by atoms with van der Waals surface area (Å²) < 4.78 is 33.4. The van der Waals surface area contributed by atoms with E-state index < -0.39 is 21.8 Å². The molecule has 2 N–H and O–H groups in total. The monoisotopic (exact) mass is 550 g/mol. The highest BCUT2D eigenvalue weighted by Crippen LogP contribution is 2.31. The molecule has 0 bridgehead atoms. The number of nitrogens with zero attached hydrogens (tertiary/aromatic N) is 2. The molecule has 0 unspecified atom stereocenters. The highest BCUT2D eigenvalue weighted by molar-refractivity contribution is 9.10. The highest BCUT2D eigenvalue weighted by atomic mass is 79.9. The normalized spacial score (nSPS) is 14.2. The number of amides is 2. The Labute approximate surface area is 202 Å². The van der Waals surface area contributed by atoms with E-state index in [9.17, 15) is 18.0 Å². The molecule has 0 atom stereocenters. The van der Waals surface area contributed by atoms with Crippen LogP contribution in [0.4, 0.5) is 17.3 Å². The number of benzene rings is 2. The smallest absolute Gasteiger partial charge is 0.283 e. The van der Waals surface area contributed by atoms with E-state index in [2.05, 4.69) is 31.1 Å². The first kappa shape index (κ1) is 23.0. The molecule has 2 aromatic carbocycles. The van der Waals surface area contributed by atoms with Crippen molar-refractivity contribution in [1.82, 2.24) is 5.16 Å². The lowest BCUT2D eigenvalue weighted by Gasteiger charge is -2.15. The lowest BCUT2D eigenvalue weighted by Crippen LogP contribution is -2.32. The van der Waals surface area contributed by atoms with E-state index in [0.29, 0.717) is 22.6 Å². The Bertz CT molecular complexity index is 1400. The molecular formula is C21H16BrClN4O5S.